The van der Waals surface area contributed by atoms with Gasteiger partial charge in [0.05, 0.1) is 12.7 Å². The van der Waals surface area contributed by atoms with Crippen molar-refractivity contribution < 1.29 is 14.6 Å². The largest absolute Gasteiger partial charge is 0.391 e. The first-order valence-electron chi connectivity index (χ1n) is 5.62. The maximum Gasteiger partial charge on any atom is 0.159 e. The van der Waals surface area contributed by atoms with Gasteiger partial charge in [-0.2, -0.15) is 0 Å². The Morgan fingerprint density at radius 1 is 1.20 bits per heavy atom. The molecule has 0 fully saturated rings. The lowest BCUT2D eigenvalue weighted by Crippen LogP contribution is -2.35. The summed E-state index contributed by atoms with van der Waals surface area (Å²) >= 11 is 0. The van der Waals surface area contributed by atoms with Crippen LogP contribution in [-0.2, 0) is 9.47 Å². The molecule has 0 bridgehead atoms. The van der Waals surface area contributed by atoms with Crippen LogP contribution in [0.25, 0.3) is 0 Å². The smallest absolute Gasteiger partial charge is 0.159 e. The van der Waals surface area contributed by atoms with E-state index in [1.165, 1.54) is 0 Å². The zero-order valence-electron chi connectivity index (χ0n) is 10.6. The minimum absolute atomic E-state index is 0.0731. The van der Waals surface area contributed by atoms with E-state index in [-0.39, 0.29) is 12.5 Å². The number of ether oxygens (including phenoxy) is 2. The Hall–Kier alpha value is -0.160. The fourth-order valence-electron chi connectivity index (χ4n) is 1.26. The third-order valence-electron chi connectivity index (χ3n) is 2.09. The molecule has 0 aliphatic rings. The number of hydrogen-bond acceptors (Lipinski definition) is 4. The number of rotatable bonds is 8. The molecule has 0 heterocycles. The second kappa shape index (κ2) is 8.05. The summed E-state index contributed by atoms with van der Waals surface area (Å²) in [6.45, 7) is 6.11. The third kappa shape index (κ3) is 6.84. The summed E-state index contributed by atoms with van der Waals surface area (Å²) in [7, 11) is 3.96. The van der Waals surface area contributed by atoms with E-state index >= 15 is 0 Å². The van der Waals surface area contributed by atoms with Crippen molar-refractivity contribution in [3.8, 4) is 0 Å². The minimum atomic E-state index is -0.443. The molecule has 0 saturated heterocycles. The number of aliphatic hydroxyl groups is 1. The molecule has 0 aliphatic carbocycles. The highest BCUT2D eigenvalue weighted by Crippen LogP contribution is 2.09. The first kappa shape index (κ1) is 14.8. The molecule has 0 aromatic rings. The van der Waals surface area contributed by atoms with Crippen LogP contribution in [0, 0.1) is 0 Å². The van der Waals surface area contributed by atoms with Crippen molar-refractivity contribution >= 4 is 0 Å². The second-order valence-corrected chi connectivity index (χ2v) is 3.98. The zero-order valence-corrected chi connectivity index (χ0v) is 10.6. The van der Waals surface area contributed by atoms with Crippen LogP contribution in [0.2, 0.25) is 0 Å². The quantitative estimate of drug-likeness (QED) is 0.627. The Labute approximate surface area is 93.2 Å². The zero-order chi connectivity index (χ0) is 11.8. The van der Waals surface area contributed by atoms with E-state index in [1.54, 1.807) is 6.92 Å². The maximum absolute atomic E-state index is 9.11. The van der Waals surface area contributed by atoms with Crippen molar-refractivity contribution in [2.75, 3.05) is 20.7 Å². The maximum atomic E-state index is 9.11. The van der Waals surface area contributed by atoms with Gasteiger partial charge in [-0.15, -0.1) is 0 Å². The van der Waals surface area contributed by atoms with Crippen LogP contribution in [0.1, 0.15) is 33.6 Å². The normalized spacial score (nSPS) is 17.8. The Bertz CT molecular complexity index is 151. The molecule has 0 aromatic heterocycles. The molecule has 0 aliphatic heterocycles. The van der Waals surface area contributed by atoms with Crippen molar-refractivity contribution in [3.05, 3.63) is 0 Å². The highest BCUT2D eigenvalue weighted by atomic mass is 16.7. The van der Waals surface area contributed by atoms with E-state index in [0.717, 1.165) is 12.8 Å². The van der Waals surface area contributed by atoms with Crippen molar-refractivity contribution in [1.29, 1.82) is 0 Å². The first-order chi connectivity index (χ1) is 7.01. The summed E-state index contributed by atoms with van der Waals surface area (Å²) in [5, 5.41) is 9.11. The topological polar surface area (TPSA) is 41.9 Å². The van der Waals surface area contributed by atoms with Crippen molar-refractivity contribution in [2.24, 2.45) is 0 Å². The van der Waals surface area contributed by atoms with Gasteiger partial charge in [0.15, 0.2) is 6.29 Å². The highest BCUT2D eigenvalue weighted by molar-refractivity contribution is 4.54. The van der Waals surface area contributed by atoms with Gasteiger partial charge in [0, 0.05) is 0 Å². The molecule has 0 spiro atoms. The molecular weight excluding hydrogens is 194 g/mol. The Balaban J connectivity index is 3.95. The lowest BCUT2D eigenvalue weighted by atomic mass is 10.4. The summed E-state index contributed by atoms with van der Waals surface area (Å²) in [6, 6.07) is 0. The number of nitrogens with zero attached hydrogens (tertiary/aromatic N) is 1. The predicted molar refractivity (Wildman–Crippen MR) is 60.6 cm³/mol. The molecule has 1 N–H and O–H groups in total. The number of hydrogen-bond donors (Lipinski definition) is 1. The first-order valence-corrected chi connectivity index (χ1v) is 5.62. The van der Waals surface area contributed by atoms with Crippen LogP contribution >= 0.6 is 0 Å². The standard InChI is InChI=1S/C11H25NO3/c1-6-10(12(4)5)15-11(7-2)14-8-9(3)13/h9-11,13H,6-8H2,1-5H3. The number of aliphatic hydroxyl groups excluding tert-OH is 1. The third-order valence-corrected chi connectivity index (χ3v) is 2.09. The molecule has 0 rings (SSSR count). The molecule has 4 heteroatoms. The summed E-state index contributed by atoms with van der Waals surface area (Å²) in [5.41, 5.74) is 0. The van der Waals surface area contributed by atoms with Crippen LogP contribution in [0.3, 0.4) is 0 Å². The SMILES string of the molecule is CCC(OCC(C)O)OC(CC)N(C)C. The highest BCUT2D eigenvalue weighted by Gasteiger charge is 2.16. The summed E-state index contributed by atoms with van der Waals surface area (Å²) in [6.07, 6.45) is 1.11. The fraction of sp³-hybridized carbons (Fsp3) is 1.00. The summed E-state index contributed by atoms with van der Waals surface area (Å²) in [5.74, 6) is 0. The van der Waals surface area contributed by atoms with Crippen LogP contribution in [0.15, 0.2) is 0 Å². The van der Waals surface area contributed by atoms with Crippen LogP contribution in [0.4, 0.5) is 0 Å². The summed E-state index contributed by atoms with van der Waals surface area (Å²) < 4.78 is 11.2. The van der Waals surface area contributed by atoms with Crippen LogP contribution < -0.4 is 0 Å². The van der Waals surface area contributed by atoms with Crippen molar-refractivity contribution in [1.82, 2.24) is 4.90 Å². The van der Waals surface area contributed by atoms with Gasteiger partial charge in [-0.05, 0) is 33.9 Å². The molecule has 0 radical (unpaired) electrons. The lowest BCUT2D eigenvalue weighted by Gasteiger charge is -2.28. The Morgan fingerprint density at radius 3 is 2.13 bits per heavy atom. The average Bonchev–Trinajstić information content (AvgIpc) is 2.17. The molecule has 0 aromatic carbocycles. The van der Waals surface area contributed by atoms with Gasteiger partial charge in [-0.25, -0.2) is 0 Å². The summed E-state index contributed by atoms with van der Waals surface area (Å²) in [4.78, 5) is 2.02. The van der Waals surface area contributed by atoms with Gasteiger partial charge < -0.3 is 14.6 Å². The van der Waals surface area contributed by atoms with Gasteiger partial charge in [0.25, 0.3) is 0 Å². The molecule has 4 nitrogen and oxygen atoms in total. The van der Waals surface area contributed by atoms with Gasteiger partial charge in [-0.3, -0.25) is 4.90 Å². The van der Waals surface area contributed by atoms with E-state index in [2.05, 4.69) is 6.92 Å². The second-order valence-electron chi connectivity index (χ2n) is 3.98. The molecule has 15 heavy (non-hydrogen) atoms. The molecule has 92 valence electrons. The monoisotopic (exact) mass is 219 g/mol. The van der Waals surface area contributed by atoms with E-state index in [0.29, 0.717) is 6.61 Å². The van der Waals surface area contributed by atoms with E-state index in [9.17, 15) is 0 Å². The average molecular weight is 219 g/mol. The fourth-order valence-corrected chi connectivity index (χ4v) is 1.26. The van der Waals surface area contributed by atoms with E-state index in [1.807, 2.05) is 25.9 Å². The predicted octanol–water partition coefficient (Wildman–Crippen LogP) is 1.43. The molecular formula is C11H25NO3. The Kier molecular flexibility index (Phi) is 7.96. The van der Waals surface area contributed by atoms with E-state index < -0.39 is 6.10 Å². The van der Waals surface area contributed by atoms with E-state index in [4.69, 9.17) is 14.6 Å². The molecule has 3 atom stereocenters. The van der Waals surface area contributed by atoms with Gasteiger partial charge in [0.2, 0.25) is 0 Å². The molecule has 0 amide bonds. The van der Waals surface area contributed by atoms with Crippen molar-refractivity contribution in [2.45, 2.75) is 52.2 Å². The minimum Gasteiger partial charge on any atom is -0.391 e. The Morgan fingerprint density at radius 2 is 1.80 bits per heavy atom. The van der Waals surface area contributed by atoms with Gasteiger partial charge in [0.1, 0.15) is 6.23 Å². The van der Waals surface area contributed by atoms with Crippen LogP contribution in [-0.4, -0.2) is 49.3 Å². The van der Waals surface area contributed by atoms with Gasteiger partial charge in [-0.1, -0.05) is 13.8 Å². The lowest BCUT2D eigenvalue weighted by molar-refractivity contribution is -0.209. The van der Waals surface area contributed by atoms with Gasteiger partial charge >= 0.3 is 0 Å². The van der Waals surface area contributed by atoms with Crippen LogP contribution in [0.5, 0.6) is 0 Å². The molecule has 0 saturated carbocycles. The van der Waals surface area contributed by atoms with Crippen molar-refractivity contribution in [3.63, 3.8) is 0 Å². The molecule has 3 unspecified atom stereocenters.